The van der Waals surface area contributed by atoms with Gasteiger partial charge in [0.2, 0.25) is 5.91 Å². The van der Waals surface area contributed by atoms with Crippen LogP contribution in [0.5, 0.6) is 0 Å². The van der Waals surface area contributed by atoms with Crippen LogP contribution in [0.1, 0.15) is 17.5 Å². The monoisotopic (exact) mass is 271 g/mol. The van der Waals surface area contributed by atoms with Gasteiger partial charge in [0, 0.05) is 12.6 Å². The minimum Gasteiger partial charge on any atom is -0.384 e. The summed E-state index contributed by atoms with van der Waals surface area (Å²) in [6, 6.07) is 8.11. The summed E-state index contributed by atoms with van der Waals surface area (Å²) >= 11 is 0. The molecule has 1 aliphatic rings. The van der Waals surface area contributed by atoms with Crippen LogP contribution in [-0.4, -0.2) is 10.9 Å². The Morgan fingerprint density at radius 1 is 1.25 bits per heavy atom. The molecule has 0 radical (unpaired) electrons. The molecule has 0 fully saturated rings. The number of aryl methyl sites for hydroxylation is 1. The van der Waals surface area contributed by atoms with E-state index in [1.54, 1.807) is 29.3 Å². The average Bonchev–Trinajstić information content (AvgIpc) is 2.42. The number of aromatic nitrogens is 1. The van der Waals surface area contributed by atoms with Crippen LogP contribution in [0.25, 0.3) is 0 Å². The van der Waals surface area contributed by atoms with Gasteiger partial charge in [-0.05, 0) is 41.8 Å². The second-order valence-electron chi connectivity index (χ2n) is 4.84. The normalized spacial score (nSPS) is 14.2. The molecule has 2 aromatic rings. The van der Waals surface area contributed by atoms with Crippen molar-refractivity contribution < 1.29 is 9.18 Å². The number of halogens is 1. The summed E-state index contributed by atoms with van der Waals surface area (Å²) in [5.74, 6) is 0.0719. The number of nitrogen functional groups attached to an aromatic ring is 1. The quantitative estimate of drug-likeness (QED) is 0.911. The number of carbonyl (C=O) groups excluding carboxylic acids is 1. The van der Waals surface area contributed by atoms with Crippen molar-refractivity contribution in [3.63, 3.8) is 0 Å². The number of nitrogens with zero attached hydrogens (tertiary/aromatic N) is 2. The molecule has 0 atom stereocenters. The molecular formula is C15H14FN3O. The van der Waals surface area contributed by atoms with E-state index in [9.17, 15) is 9.18 Å². The number of hydrogen-bond donors (Lipinski definition) is 1. The Morgan fingerprint density at radius 3 is 2.90 bits per heavy atom. The zero-order valence-electron chi connectivity index (χ0n) is 10.8. The summed E-state index contributed by atoms with van der Waals surface area (Å²) in [7, 11) is 0. The summed E-state index contributed by atoms with van der Waals surface area (Å²) in [4.78, 5) is 17.6. The highest BCUT2D eigenvalue weighted by Gasteiger charge is 2.24. The van der Waals surface area contributed by atoms with E-state index in [1.165, 1.54) is 12.1 Å². The van der Waals surface area contributed by atoms with Crippen molar-refractivity contribution in [3.05, 3.63) is 53.5 Å². The molecule has 102 valence electrons. The lowest BCUT2D eigenvalue weighted by molar-refractivity contribution is -0.119. The molecule has 0 unspecified atom stereocenters. The number of carbonyl (C=O) groups is 1. The van der Waals surface area contributed by atoms with Gasteiger partial charge in [0.1, 0.15) is 11.6 Å². The Kier molecular flexibility index (Phi) is 3.10. The van der Waals surface area contributed by atoms with Crippen LogP contribution in [0.4, 0.5) is 15.9 Å². The maximum absolute atomic E-state index is 13.4. The number of benzene rings is 1. The Morgan fingerprint density at radius 2 is 2.10 bits per heavy atom. The van der Waals surface area contributed by atoms with Crippen LogP contribution in [0.15, 0.2) is 36.5 Å². The molecule has 4 nitrogen and oxygen atoms in total. The highest BCUT2D eigenvalue weighted by Crippen LogP contribution is 2.30. The zero-order valence-corrected chi connectivity index (χ0v) is 10.8. The molecule has 2 heterocycles. The van der Waals surface area contributed by atoms with Crippen LogP contribution in [-0.2, 0) is 17.8 Å². The first-order chi connectivity index (χ1) is 9.63. The molecule has 1 aliphatic heterocycles. The van der Waals surface area contributed by atoms with Crippen LogP contribution >= 0.6 is 0 Å². The van der Waals surface area contributed by atoms with Crippen LogP contribution < -0.4 is 10.6 Å². The van der Waals surface area contributed by atoms with Gasteiger partial charge in [-0.25, -0.2) is 9.37 Å². The first-order valence-corrected chi connectivity index (χ1v) is 6.43. The van der Waals surface area contributed by atoms with Gasteiger partial charge in [0.25, 0.3) is 0 Å². The van der Waals surface area contributed by atoms with Gasteiger partial charge in [-0.1, -0.05) is 6.07 Å². The summed E-state index contributed by atoms with van der Waals surface area (Å²) in [6.45, 7) is 0.377. The zero-order chi connectivity index (χ0) is 14.1. The van der Waals surface area contributed by atoms with E-state index in [4.69, 9.17) is 5.73 Å². The maximum Gasteiger partial charge on any atom is 0.227 e. The summed E-state index contributed by atoms with van der Waals surface area (Å²) in [5.41, 5.74) is 8.16. The smallest absolute Gasteiger partial charge is 0.227 e. The molecule has 0 spiro atoms. The minimum atomic E-state index is -0.335. The third kappa shape index (κ3) is 2.34. The molecule has 0 aliphatic carbocycles. The van der Waals surface area contributed by atoms with Gasteiger partial charge >= 0.3 is 0 Å². The minimum absolute atomic E-state index is 0.00140. The third-order valence-corrected chi connectivity index (χ3v) is 3.43. The number of pyridine rings is 1. The van der Waals surface area contributed by atoms with E-state index in [1.807, 2.05) is 0 Å². The van der Waals surface area contributed by atoms with Crippen LogP contribution in [0, 0.1) is 5.82 Å². The number of nitrogens with two attached hydrogens (primary N) is 1. The van der Waals surface area contributed by atoms with Gasteiger partial charge in [0.15, 0.2) is 0 Å². The van der Waals surface area contributed by atoms with E-state index >= 15 is 0 Å². The first-order valence-electron chi connectivity index (χ1n) is 6.43. The molecule has 0 bridgehead atoms. The average molecular weight is 271 g/mol. The number of hydrogen-bond acceptors (Lipinski definition) is 3. The summed E-state index contributed by atoms with van der Waals surface area (Å²) in [5, 5.41) is 0. The van der Waals surface area contributed by atoms with Crippen molar-refractivity contribution in [2.24, 2.45) is 0 Å². The predicted molar refractivity (Wildman–Crippen MR) is 74.6 cm³/mol. The fourth-order valence-corrected chi connectivity index (χ4v) is 2.46. The molecular weight excluding hydrogens is 257 g/mol. The van der Waals surface area contributed by atoms with Gasteiger partial charge < -0.3 is 10.6 Å². The largest absolute Gasteiger partial charge is 0.384 e. The van der Waals surface area contributed by atoms with E-state index in [0.29, 0.717) is 30.9 Å². The van der Waals surface area contributed by atoms with Crippen LogP contribution in [0.3, 0.4) is 0 Å². The summed E-state index contributed by atoms with van der Waals surface area (Å²) in [6.07, 6.45) is 2.70. The van der Waals surface area contributed by atoms with Crippen molar-refractivity contribution in [1.82, 2.24) is 4.98 Å². The van der Waals surface area contributed by atoms with Crippen molar-refractivity contribution in [3.8, 4) is 0 Å². The summed E-state index contributed by atoms with van der Waals surface area (Å²) < 4.78 is 13.4. The maximum atomic E-state index is 13.4. The van der Waals surface area contributed by atoms with Gasteiger partial charge in [-0.2, -0.15) is 0 Å². The molecule has 1 aromatic heterocycles. The second kappa shape index (κ2) is 4.92. The molecule has 1 aromatic carbocycles. The van der Waals surface area contributed by atoms with E-state index < -0.39 is 0 Å². The molecule has 0 saturated carbocycles. The van der Waals surface area contributed by atoms with Crippen molar-refractivity contribution in [1.29, 1.82) is 0 Å². The number of anilines is 2. The Labute approximate surface area is 116 Å². The second-order valence-corrected chi connectivity index (χ2v) is 4.84. The fraction of sp³-hybridized carbons (Fsp3) is 0.200. The highest BCUT2D eigenvalue weighted by atomic mass is 19.1. The van der Waals surface area contributed by atoms with Crippen molar-refractivity contribution in [2.45, 2.75) is 19.4 Å². The highest BCUT2D eigenvalue weighted by molar-refractivity contribution is 5.96. The molecule has 3 rings (SSSR count). The SMILES string of the molecule is Nc1cc(CN2C(=O)CCc3ccc(F)cc32)ccn1. The van der Waals surface area contributed by atoms with E-state index in [-0.39, 0.29) is 11.7 Å². The molecule has 20 heavy (non-hydrogen) atoms. The van der Waals surface area contributed by atoms with Gasteiger partial charge in [-0.15, -0.1) is 0 Å². The van der Waals surface area contributed by atoms with Crippen LogP contribution in [0.2, 0.25) is 0 Å². The first kappa shape index (κ1) is 12.6. The van der Waals surface area contributed by atoms with Gasteiger partial charge in [0.05, 0.1) is 12.2 Å². The predicted octanol–water partition coefficient (Wildman–Crippen LogP) is 2.28. The van der Waals surface area contributed by atoms with Crippen molar-refractivity contribution in [2.75, 3.05) is 10.6 Å². The number of amides is 1. The lowest BCUT2D eigenvalue weighted by Crippen LogP contribution is -2.34. The lowest BCUT2D eigenvalue weighted by atomic mass is 10.0. The third-order valence-electron chi connectivity index (χ3n) is 3.43. The standard InChI is InChI=1S/C15H14FN3O/c16-12-3-1-11-2-4-15(20)19(13(11)8-12)9-10-5-6-18-14(17)7-10/h1,3,5-8H,2,4,9H2,(H2,17,18). The fourth-order valence-electron chi connectivity index (χ4n) is 2.46. The Hall–Kier alpha value is -2.43. The van der Waals surface area contributed by atoms with Gasteiger partial charge in [-0.3, -0.25) is 4.79 Å². The Bertz CT molecular complexity index is 672. The number of rotatable bonds is 2. The van der Waals surface area contributed by atoms with E-state index in [2.05, 4.69) is 4.98 Å². The molecule has 0 saturated heterocycles. The molecule has 2 N–H and O–H groups in total. The topological polar surface area (TPSA) is 59.2 Å². The van der Waals surface area contributed by atoms with Crippen molar-refractivity contribution >= 4 is 17.4 Å². The number of fused-ring (bicyclic) bond motifs is 1. The van der Waals surface area contributed by atoms with E-state index in [0.717, 1.165) is 11.1 Å². The molecule has 5 heteroatoms. The molecule has 1 amide bonds. The Balaban J connectivity index is 1.97. The lowest BCUT2D eigenvalue weighted by Gasteiger charge is -2.29.